The van der Waals surface area contributed by atoms with Crippen LogP contribution >= 0.6 is 0 Å². The lowest BCUT2D eigenvalue weighted by Gasteiger charge is -1.99. The summed E-state index contributed by atoms with van der Waals surface area (Å²) in [4.78, 5) is 4.23. The Morgan fingerprint density at radius 1 is 1.27 bits per heavy atom. The van der Waals surface area contributed by atoms with Gasteiger partial charge in [0.25, 0.3) is 5.89 Å². The van der Waals surface area contributed by atoms with Crippen molar-refractivity contribution in [1.82, 2.24) is 25.1 Å². The van der Waals surface area contributed by atoms with E-state index in [9.17, 15) is 4.39 Å². The average molecular weight is 303 g/mol. The van der Waals surface area contributed by atoms with Crippen LogP contribution in [0.2, 0.25) is 0 Å². The lowest BCUT2D eigenvalue weighted by Crippen LogP contribution is -2.00. The lowest BCUT2D eigenvalue weighted by atomic mass is 10.2. The molecule has 0 bridgehead atoms. The number of methoxy groups -OCH3 is 1. The van der Waals surface area contributed by atoms with E-state index in [1.54, 1.807) is 30.1 Å². The average Bonchev–Trinajstić information content (AvgIpc) is 3.16. The monoisotopic (exact) mass is 303 g/mol. The molecule has 0 unspecified atom stereocenters. The molecule has 3 aromatic rings. The van der Waals surface area contributed by atoms with Gasteiger partial charge in [0.1, 0.15) is 5.82 Å². The molecule has 0 saturated carbocycles. The van der Waals surface area contributed by atoms with Crippen LogP contribution in [0.5, 0.6) is 0 Å². The van der Waals surface area contributed by atoms with E-state index in [0.29, 0.717) is 37.0 Å². The Balaban J connectivity index is 1.70. The molecular weight excluding hydrogens is 289 g/mol. The van der Waals surface area contributed by atoms with Crippen molar-refractivity contribution in [3.05, 3.63) is 47.7 Å². The molecule has 2 heterocycles. The van der Waals surface area contributed by atoms with Gasteiger partial charge in [-0.25, -0.2) is 9.07 Å². The summed E-state index contributed by atoms with van der Waals surface area (Å²) in [7, 11) is 1.61. The summed E-state index contributed by atoms with van der Waals surface area (Å²) in [6, 6.07) is 6.22. The summed E-state index contributed by atoms with van der Waals surface area (Å²) in [5, 5.41) is 11.9. The highest BCUT2D eigenvalue weighted by Gasteiger charge is 2.12. The third-order valence-corrected chi connectivity index (χ3v) is 3.01. The van der Waals surface area contributed by atoms with E-state index in [4.69, 9.17) is 9.26 Å². The van der Waals surface area contributed by atoms with Crippen molar-refractivity contribution in [2.75, 3.05) is 13.7 Å². The SMILES string of the molecule is COCCc1noc(-c2cn(Cc3ccc(F)cc3)nn2)n1. The molecule has 0 fully saturated rings. The van der Waals surface area contributed by atoms with Crippen LogP contribution in [-0.2, 0) is 17.7 Å². The molecular formula is C14H14FN5O2. The second kappa shape index (κ2) is 6.44. The second-order valence-electron chi connectivity index (χ2n) is 4.69. The second-order valence-corrected chi connectivity index (χ2v) is 4.69. The van der Waals surface area contributed by atoms with E-state index < -0.39 is 0 Å². The molecule has 22 heavy (non-hydrogen) atoms. The maximum absolute atomic E-state index is 12.9. The lowest BCUT2D eigenvalue weighted by molar-refractivity contribution is 0.199. The first-order valence-corrected chi connectivity index (χ1v) is 6.71. The first-order valence-electron chi connectivity index (χ1n) is 6.71. The molecule has 1 aromatic carbocycles. The van der Waals surface area contributed by atoms with Gasteiger partial charge in [0, 0.05) is 13.5 Å². The quantitative estimate of drug-likeness (QED) is 0.689. The number of benzene rings is 1. The number of halogens is 1. The van der Waals surface area contributed by atoms with E-state index in [1.165, 1.54) is 12.1 Å². The number of nitrogens with zero attached hydrogens (tertiary/aromatic N) is 5. The maximum Gasteiger partial charge on any atom is 0.280 e. The Morgan fingerprint density at radius 3 is 2.86 bits per heavy atom. The molecule has 3 rings (SSSR count). The highest BCUT2D eigenvalue weighted by Crippen LogP contribution is 2.14. The largest absolute Gasteiger partial charge is 0.384 e. The molecule has 0 saturated heterocycles. The van der Waals surface area contributed by atoms with Gasteiger partial charge in [0.2, 0.25) is 0 Å². The van der Waals surface area contributed by atoms with Gasteiger partial charge in [-0.3, -0.25) is 0 Å². The van der Waals surface area contributed by atoms with Crippen LogP contribution in [0.3, 0.4) is 0 Å². The third-order valence-electron chi connectivity index (χ3n) is 3.01. The predicted molar refractivity (Wildman–Crippen MR) is 74.4 cm³/mol. The minimum atomic E-state index is -0.266. The van der Waals surface area contributed by atoms with Crippen LogP contribution in [0.4, 0.5) is 4.39 Å². The Kier molecular flexibility index (Phi) is 4.19. The third kappa shape index (κ3) is 3.34. The molecule has 0 spiro atoms. The fourth-order valence-electron chi connectivity index (χ4n) is 1.90. The van der Waals surface area contributed by atoms with Gasteiger partial charge in [0.05, 0.1) is 19.3 Å². The topological polar surface area (TPSA) is 78.9 Å². The fourth-order valence-corrected chi connectivity index (χ4v) is 1.90. The molecule has 0 aliphatic carbocycles. The Bertz CT molecular complexity index is 738. The molecule has 114 valence electrons. The summed E-state index contributed by atoms with van der Waals surface area (Å²) in [5.74, 6) is 0.610. The zero-order valence-electron chi connectivity index (χ0n) is 11.9. The molecule has 7 nitrogen and oxygen atoms in total. The normalized spacial score (nSPS) is 11.0. The highest BCUT2D eigenvalue weighted by molar-refractivity contribution is 5.43. The maximum atomic E-state index is 12.9. The minimum absolute atomic E-state index is 0.266. The standard InChI is InChI=1S/C14H14FN5O2/c1-21-7-6-13-16-14(22-18-13)12-9-20(19-17-12)8-10-2-4-11(15)5-3-10/h2-5,9H,6-8H2,1H3. The summed E-state index contributed by atoms with van der Waals surface area (Å²) >= 11 is 0. The van der Waals surface area contributed by atoms with Crippen LogP contribution in [0.25, 0.3) is 11.6 Å². The zero-order chi connectivity index (χ0) is 15.4. The van der Waals surface area contributed by atoms with Gasteiger partial charge in [0.15, 0.2) is 11.5 Å². The molecule has 2 aromatic heterocycles. The molecule has 8 heteroatoms. The highest BCUT2D eigenvalue weighted by atomic mass is 19.1. The van der Waals surface area contributed by atoms with Crippen molar-refractivity contribution in [3.63, 3.8) is 0 Å². The van der Waals surface area contributed by atoms with Crippen molar-refractivity contribution in [2.24, 2.45) is 0 Å². The molecule has 0 radical (unpaired) electrons. The van der Waals surface area contributed by atoms with E-state index in [0.717, 1.165) is 5.56 Å². The Morgan fingerprint density at radius 2 is 2.09 bits per heavy atom. The van der Waals surface area contributed by atoms with Crippen LogP contribution < -0.4 is 0 Å². The van der Waals surface area contributed by atoms with E-state index >= 15 is 0 Å². The van der Waals surface area contributed by atoms with E-state index in [-0.39, 0.29) is 5.82 Å². The van der Waals surface area contributed by atoms with Crippen molar-refractivity contribution >= 4 is 0 Å². The first-order chi connectivity index (χ1) is 10.7. The van der Waals surface area contributed by atoms with Gasteiger partial charge >= 0.3 is 0 Å². The Labute approximate surface area is 125 Å². The van der Waals surface area contributed by atoms with Crippen LogP contribution in [0, 0.1) is 5.82 Å². The fraction of sp³-hybridized carbons (Fsp3) is 0.286. The van der Waals surface area contributed by atoms with Gasteiger partial charge in [-0.1, -0.05) is 22.5 Å². The number of hydrogen-bond acceptors (Lipinski definition) is 6. The predicted octanol–water partition coefficient (Wildman–Crippen LogP) is 1.70. The zero-order valence-corrected chi connectivity index (χ0v) is 11.9. The van der Waals surface area contributed by atoms with Gasteiger partial charge in [-0.15, -0.1) is 5.10 Å². The van der Waals surface area contributed by atoms with Gasteiger partial charge in [-0.2, -0.15) is 4.98 Å². The van der Waals surface area contributed by atoms with Crippen LogP contribution in [-0.4, -0.2) is 38.9 Å². The summed E-state index contributed by atoms with van der Waals surface area (Å²) in [6.07, 6.45) is 2.28. The molecule has 0 atom stereocenters. The van der Waals surface area contributed by atoms with Crippen molar-refractivity contribution in [3.8, 4) is 11.6 Å². The van der Waals surface area contributed by atoms with Crippen molar-refractivity contribution < 1.29 is 13.7 Å². The summed E-state index contributed by atoms with van der Waals surface area (Å²) < 4.78 is 24.6. The Hall–Kier alpha value is -2.61. The minimum Gasteiger partial charge on any atom is -0.384 e. The van der Waals surface area contributed by atoms with Crippen LogP contribution in [0.15, 0.2) is 35.0 Å². The number of aromatic nitrogens is 5. The van der Waals surface area contributed by atoms with E-state index in [2.05, 4.69) is 20.5 Å². The molecule has 0 N–H and O–H groups in total. The number of rotatable bonds is 6. The first kappa shape index (κ1) is 14.3. The smallest absolute Gasteiger partial charge is 0.280 e. The molecule has 0 aliphatic rings. The van der Waals surface area contributed by atoms with E-state index in [1.807, 2.05) is 0 Å². The van der Waals surface area contributed by atoms with Crippen molar-refractivity contribution in [2.45, 2.75) is 13.0 Å². The van der Waals surface area contributed by atoms with Crippen molar-refractivity contribution in [1.29, 1.82) is 0 Å². The van der Waals surface area contributed by atoms with Gasteiger partial charge in [-0.05, 0) is 17.7 Å². The van der Waals surface area contributed by atoms with Gasteiger partial charge < -0.3 is 9.26 Å². The number of ether oxygens (including phenoxy) is 1. The molecule has 0 amide bonds. The summed E-state index contributed by atoms with van der Waals surface area (Å²) in [6.45, 7) is 1.01. The van der Waals surface area contributed by atoms with Crippen LogP contribution in [0.1, 0.15) is 11.4 Å². The number of hydrogen-bond donors (Lipinski definition) is 0. The summed E-state index contributed by atoms with van der Waals surface area (Å²) in [5.41, 5.74) is 1.42. The molecule has 0 aliphatic heterocycles.